The summed E-state index contributed by atoms with van der Waals surface area (Å²) in [5.74, 6) is 1.41. The second-order valence-electron chi connectivity index (χ2n) is 5.13. The summed E-state index contributed by atoms with van der Waals surface area (Å²) in [7, 11) is 0. The molecular weight excluding hydrogens is 256 g/mol. The quantitative estimate of drug-likeness (QED) is 0.933. The highest BCUT2D eigenvalue weighted by Crippen LogP contribution is 2.34. The van der Waals surface area contributed by atoms with E-state index in [1.807, 2.05) is 22.8 Å². The first-order chi connectivity index (χ1) is 9.66. The van der Waals surface area contributed by atoms with Gasteiger partial charge in [-0.3, -0.25) is 0 Å². The Bertz CT molecular complexity index is 607. The van der Waals surface area contributed by atoms with Crippen LogP contribution in [-0.4, -0.2) is 27.9 Å². The zero-order chi connectivity index (χ0) is 14.1. The molecule has 5 heteroatoms. The third kappa shape index (κ3) is 2.25. The molecule has 1 aliphatic heterocycles. The van der Waals surface area contributed by atoms with Crippen LogP contribution in [0.4, 0.5) is 0 Å². The van der Waals surface area contributed by atoms with Gasteiger partial charge in [0.05, 0.1) is 18.2 Å². The van der Waals surface area contributed by atoms with Crippen LogP contribution in [-0.2, 0) is 0 Å². The standard InChI is InChI=1S/C15H18N2O3/c1-10(2)17-9-16-8-12(17)15(18)11-3-4-13-14(7-11)20-6-5-19-13/h3-4,7-10,15,18H,5-6H2,1-2H3. The van der Waals surface area contributed by atoms with E-state index in [-0.39, 0.29) is 6.04 Å². The normalized spacial score (nSPS) is 15.4. The first kappa shape index (κ1) is 13.0. The zero-order valence-electron chi connectivity index (χ0n) is 11.6. The number of hydrogen-bond donors (Lipinski definition) is 1. The van der Waals surface area contributed by atoms with Gasteiger partial charge in [-0.25, -0.2) is 4.98 Å². The monoisotopic (exact) mass is 274 g/mol. The summed E-state index contributed by atoms with van der Waals surface area (Å²) in [6, 6.07) is 5.77. The number of rotatable bonds is 3. The van der Waals surface area contributed by atoms with Gasteiger partial charge < -0.3 is 19.1 Å². The molecule has 0 spiro atoms. The maximum Gasteiger partial charge on any atom is 0.161 e. The predicted molar refractivity (Wildman–Crippen MR) is 74.1 cm³/mol. The number of benzene rings is 1. The van der Waals surface area contributed by atoms with Crippen LogP contribution >= 0.6 is 0 Å². The molecule has 1 unspecified atom stereocenters. The fraction of sp³-hybridized carbons (Fsp3) is 0.400. The van der Waals surface area contributed by atoms with Crippen LogP contribution in [0.15, 0.2) is 30.7 Å². The summed E-state index contributed by atoms with van der Waals surface area (Å²) < 4.78 is 13.0. The average molecular weight is 274 g/mol. The van der Waals surface area contributed by atoms with Crippen molar-refractivity contribution >= 4 is 0 Å². The van der Waals surface area contributed by atoms with E-state index in [1.54, 1.807) is 12.5 Å². The van der Waals surface area contributed by atoms with Crippen LogP contribution in [0.25, 0.3) is 0 Å². The largest absolute Gasteiger partial charge is 0.486 e. The SMILES string of the molecule is CC(C)n1cncc1C(O)c1ccc2c(c1)OCCO2. The second kappa shape index (κ2) is 5.17. The molecule has 2 aromatic rings. The first-order valence-corrected chi connectivity index (χ1v) is 6.76. The average Bonchev–Trinajstić information content (AvgIpc) is 2.95. The Morgan fingerprint density at radius 3 is 2.70 bits per heavy atom. The van der Waals surface area contributed by atoms with Crippen molar-refractivity contribution in [2.75, 3.05) is 13.2 Å². The number of nitrogens with zero attached hydrogens (tertiary/aromatic N) is 2. The maximum atomic E-state index is 10.6. The van der Waals surface area contributed by atoms with Crippen LogP contribution in [0.1, 0.15) is 37.3 Å². The Kier molecular flexibility index (Phi) is 3.36. The fourth-order valence-corrected chi connectivity index (χ4v) is 2.36. The van der Waals surface area contributed by atoms with Gasteiger partial charge in [0.1, 0.15) is 19.3 Å². The lowest BCUT2D eigenvalue weighted by Gasteiger charge is -2.21. The molecule has 0 radical (unpaired) electrons. The Labute approximate surface area is 117 Å². The van der Waals surface area contributed by atoms with Crippen molar-refractivity contribution in [3.05, 3.63) is 42.0 Å². The van der Waals surface area contributed by atoms with Gasteiger partial charge in [-0.2, -0.15) is 0 Å². The molecule has 0 bridgehead atoms. The molecule has 0 fully saturated rings. The minimum Gasteiger partial charge on any atom is -0.486 e. The maximum absolute atomic E-state index is 10.6. The molecule has 0 saturated carbocycles. The Balaban J connectivity index is 1.94. The van der Waals surface area contributed by atoms with Crippen LogP contribution in [0.5, 0.6) is 11.5 Å². The third-order valence-corrected chi connectivity index (χ3v) is 3.41. The van der Waals surface area contributed by atoms with Gasteiger partial charge in [0, 0.05) is 6.04 Å². The predicted octanol–water partition coefficient (Wildman–Crippen LogP) is 2.32. The van der Waals surface area contributed by atoms with Gasteiger partial charge in [0.2, 0.25) is 0 Å². The van der Waals surface area contributed by atoms with Gasteiger partial charge in [-0.15, -0.1) is 0 Å². The summed E-state index contributed by atoms with van der Waals surface area (Å²) in [6.07, 6.45) is 2.71. The van der Waals surface area contributed by atoms with Crippen molar-refractivity contribution in [1.82, 2.24) is 9.55 Å². The lowest BCUT2D eigenvalue weighted by atomic mass is 10.1. The van der Waals surface area contributed by atoms with Gasteiger partial charge in [0.15, 0.2) is 11.5 Å². The molecule has 2 heterocycles. The van der Waals surface area contributed by atoms with E-state index < -0.39 is 6.10 Å². The molecule has 1 aromatic heterocycles. The lowest BCUT2D eigenvalue weighted by molar-refractivity contribution is 0.169. The minimum atomic E-state index is -0.726. The van der Waals surface area contributed by atoms with Gasteiger partial charge >= 0.3 is 0 Å². The van der Waals surface area contributed by atoms with Crippen LogP contribution in [0.2, 0.25) is 0 Å². The van der Waals surface area contributed by atoms with Crippen molar-refractivity contribution in [2.45, 2.75) is 26.0 Å². The molecule has 0 amide bonds. The van der Waals surface area contributed by atoms with Crippen molar-refractivity contribution in [3.63, 3.8) is 0 Å². The van der Waals surface area contributed by atoms with Crippen molar-refractivity contribution in [2.24, 2.45) is 0 Å². The molecule has 0 saturated heterocycles. The highest BCUT2D eigenvalue weighted by Gasteiger charge is 2.19. The molecule has 1 N–H and O–H groups in total. The van der Waals surface area contributed by atoms with E-state index in [0.29, 0.717) is 19.0 Å². The molecule has 20 heavy (non-hydrogen) atoms. The number of imidazole rings is 1. The topological polar surface area (TPSA) is 56.5 Å². The zero-order valence-corrected chi connectivity index (χ0v) is 11.6. The molecular formula is C15H18N2O3. The van der Waals surface area contributed by atoms with Crippen LogP contribution in [0, 0.1) is 0 Å². The molecule has 0 aliphatic carbocycles. The number of aliphatic hydroxyl groups excluding tert-OH is 1. The van der Waals surface area contributed by atoms with Crippen LogP contribution < -0.4 is 9.47 Å². The van der Waals surface area contributed by atoms with Gasteiger partial charge in [-0.05, 0) is 31.5 Å². The molecule has 5 nitrogen and oxygen atoms in total. The molecule has 106 valence electrons. The number of fused-ring (bicyclic) bond motifs is 1. The highest BCUT2D eigenvalue weighted by molar-refractivity contribution is 5.45. The summed E-state index contributed by atoms with van der Waals surface area (Å²) >= 11 is 0. The van der Waals surface area contributed by atoms with E-state index in [1.165, 1.54) is 0 Å². The smallest absolute Gasteiger partial charge is 0.161 e. The number of ether oxygens (including phenoxy) is 2. The van der Waals surface area contributed by atoms with E-state index >= 15 is 0 Å². The minimum absolute atomic E-state index is 0.249. The molecule has 1 atom stereocenters. The van der Waals surface area contributed by atoms with Crippen molar-refractivity contribution in [1.29, 1.82) is 0 Å². The number of aromatic nitrogens is 2. The molecule has 3 rings (SSSR count). The number of hydrogen-bond acceptors (Lipinski definition) is 4. The van der Waals surface area contributed by atoms with E-state index in [9.17, 15) is 5.11 Å². The molecule has 1 aromatic carbocycles. The Hall–Kier alpha value is -2.01. The van der Waals surface area contributed by atoms with E-state index in [0.717, 1.165) is 17.0 Å². The van der Waals surface area contributed by atoms with Crippen LogP contribution in [0.3, 0.4) is 0 Å². The van der Waals surface area contributed by atoms with Crippen molar-refractivity contribution < 1.29 is 14.6 Å². The first-order valence-electron chi connectivity index (χ1n) is 6.76. The van der Waals surface area contributed by atoms with E-state index in [4.69, 9.17) is 9.47 Å². The lowest BCUT2D eigenvalue weighted by Crippen LogP contribution is -2.16. The highest BCUT2D eigenvalue weighted by atomic mass is 16.6. The van der Waals surface area contributed by atoms with Gasteiger partial charge in [-0.1, -0.05) is 6.07 Å². The summed E-state index contributed by atoms with van der Waals surface area (Å²) in [4.78, 5) is 4.12. The second-order valence-corrected chi connectivity index (χ2v) is 5.13. The Morgan fingerprint density at radius 1 is 1.20 bits per heavy atom. The van der Waals surface area contributed by atoms with Gasteiger partial charge in [0.25, 0.3) is 0 Å². The summed E-state index contributed by atoms with van der Waals surface area (Å²) in [5.41, 5.74) is 1.55. The Morgan fingerprint density at radius 2 is 1.95 bits per heavy atom. The van der Waals surface area contributed by atoms with E-state index in [2.05, 4.69) is 18.8 Å². The molecule has 1 aliphatic rings. The fourth-order valence-electron chi connectivity index (χ4n) is 2.36. The third-order valence-electron chi connectivity index (χ3n) is 3.41. The summed E-state index contributed by atoms with van der Waals surface area (Å²) in [6.45, 7) is 5.22. The number of aliphatic hydroxyl groups is 1. The van der Waals surface area contributed by atoms with Crippen molar-refractivity contribution in [3.8, 4) is 11.5 Å². The summed E-state index contributed by atoms with van der Waals surface area (Å²) in [5, 5.41) is 10.6.